The molecule has 0 aromatic heterocycles. The molecular weight excluding hydrogens is 232 g/mol. The van der Waals surface area contributed by atoms with Gasteiger partial charge < -0.3 is 15.0 Å². The van der Waals surface area contributed by atoms with E-state index in [0.29, 0.717) is 17.8 Å². The van der Waals surface area contributed by atoms with Crippen molar-refractivity contribution in [3.05, 3.63) is 24.0 Å². The monoisotopic (exact) mass is 251 g/mol. The van der Waals surface area contributed by atoms with Gasteiger partial charge in [0, 0.05) is 23.2 Å². The molecule has 1 aromatic rings. The molecule has 0 saturated carbocycles. The van der Waals surface area contributed by atoms with Crippen LogP contribution in [0.2, 0.25) is 0 Å². The van der Waals surface area contributed by atoms with E-state index in [1.54, 1.807) is 12.1 Å². The van der Waals surface area contributed by atoms with Gasteiger partial charge in [0.05, 0.1) is 5.60 Å². The van der Waals surface area contributed by atoms with Crippen LogP contribution in [0.15, 0.2) is 18.2 Å². The summed E-state index contributed by atoms with van der Waals surface area (Å²) < 4.78 is 25.4. The van der Waals surface area contributed by atoms with Crippen molar-refractivity contribution < 1.29 is 13.7 Å². The van der Waals surface area contributed by atoms with Crippen molar-refractivity contribution in [3.63, 3.8) is 0 Å². The largest absolute Gasteiger partial charge is 0.497 e. The van der Waals surface area contributed by atoms with E-state index in [9.17, 15) is 4.39 Å². The minimum absolute atomic E-state index is 0.117. The Bertz CT molecular complexity index is 462. The van der Waals surface area contributed by atoms with Crippen LogP contribution in [0, 0.1) is 11.2 Å². The number of nitrogen functional groups attached to an aromatic ring is 1. The number of halogens is 1. The quantitative estimate of drug-likeness (QED) is 0.613. The first kappa shape index (κ1) is 13.4. The van der Waals surface area contributed by atoms with Gasteiger partial charge in [-0.15, -0.1) is 0 Å². The number of rotatable bonds is 1. The second-order valence-electron chi connectivity index (χ2n) is 5.94. The molecule has 0 spiro atoms. The SMILES string of the molecule is CC1(C)COB(c2ccc(N)cc2F)OC1(C)C. The maximum Gasteiger partial charge on any atom is 0.497 e. The molecule has 0 amide bonds. The summed E-state index contributed by atoms with van der Waals surface area (Å²) in [5.74, 6) is -0.393. The van der Waals surface area contributed by atoms with Crippen molar-refractivity contribution in [2.75, 3.05) is 12.3 Å². The Labute approximate surface area is 108 Å². The predicted octanol–water partition coefficient (Wildman–Crippen LogP) is 1.95. The Morgan fingerprint density at radius 1 is 1.28 bits per heavy atom. The molecule has 1 aliphatic heterocycles. The van der Waals surface area contributed by atoms with E-state index in [0.717, 1.165) is 0 Å². The predicted molar refractivity (Wildman–Crippen MR) is 71.1 cm³/mol. The van der Waals surface area contributed by atoms with E-state index in [-0.39, 0.29) is 11.0 Å². The van der Waals surface area contributed by atoms with Crippen molar-refractivity contribution in [2.45, 2.75) is 33.3 Å². The van der Waals surface area contributed by atoms with Crippen LogP contribution in [0.5, 0.6) is 0 Å². The maximum absolute atomic E-state index is 13.8. The van der Waals surface area contributed by atoms with Crippen molar-refractivity contribution in [2.24, 2.45) is 5.41 Å². The summed E-state index contributed by atoms with van der Waals surface area (Å²) in [5.41, 5.74) is 5.82. The van der Waals surface area contributed by atoms with Crippen LogP contribution in [-0.4, -0.2) is 19.3 Å². The van der Waals surface area contributed by atoms with E-state index in [2.05, 4.69) is 13.8 Å². The Morgan fingerprint density at radius 2 is 1.94 bits per heavy atom. The summed E-state index contributed by atoms with van der Waals surface area (Å²) in [7, 11) is -0.673. The minimum Gasteiger partial charge on any atom is -0.407 e. The molecule has 1 saturated heterocycles. The molecule has 1 aromatic carbocycles. The topological polar surface area (TPSA) is 44.5 Å². The Morgan fingerprint density at radius 3 is 2.50 bits per heavy atom. The van der Waals surface area contributed by atoms with Crippen LogP contribution in [0.25, 0.3) is 0 Å². The molecule has 2 rings (SSSR count). The van der Waals surface area contributed by atoms with Gasteiger partial charge in [-0.1, -0.05) is 19.9 Å². The molecular formula is C13H19BFNO2. The van der Waals surface area contributed by atoms with Crippen LogP contribution < -0.4 is 11.2 Å². The van der Waals surface area contributed by atoms with Crippen LogP contribution in [-0.2, 0) is 9.31 Å². The molecule has 3 nitrogen and oxygen atoms in total. The molecule has 1 aliphatic rings. The summed E-state index contributed by atoms with van der Waals surface area (Å²) in [6.07, 6.45) is 0. The third-order valence-electron chi connectivity index (χ3n) is 3.91. The summed E-state index contributed by atoms with van der Waals surface area (Å²) in [5, 5.41) is 0. The lowest BCUT2D eigenvalue weighted by molar-refractivity contribution is -0.0938. The average molecular weight is 251 g/mol. The van der Waals surface area contributed by atoms with Crippen LogP contribution >= 0.6 is 0 Å². The van der Waals surface area contributed by atoms with Crippen LogP contribution in [0.4, 0.5) is 10.1 Å². The zero-order valence-electron chi connectivity index (χ0n) is 11.3. The van der Waals surface area contributed by atoms with Gasteiger partial charge in [0.25, 0.3) is 0 Å². The van der Waals surface area contributed by atoms with Crippen LogP contribution in [0.1, 0.15) is 27.7 Å². The van der Waals surface area contributed by atoms with Gasteiger partial charge in [0.15, 0.2) is 0 Å². The zero-order valence-corrected chi connectivity index (χ0v) is 11.3. The Balaban J connectivity index is 2.27. The third-order valence-corrected chi connectivity index (χ3v) is 3.91. The average Bonchev–Trinajstić information content (AvgIpc) is 2.22. The van der Waals surface area contributed by atoms with E-state index in [4.69, 9.17) is 15.0 Å². The molecule has 2 N–H and O–H groups in total. The Hall–Kier alpha value is -1.07. The summed E-state index contributed by atoms with van der Waals surface area (Å²) in [6.45, 7) is 8.66. The Kier molecular flexibility index (Phi) is 3.15. The number of hydrogen-bond acceptors (Lipinski definition) is 3. The molecule has 1 heterocycles. The van der Waals surface area contributed by atoms with E-state index in [1.165, 1.54) is 6.07 Å². The normalized spacial score (nSPS) is 21.9. The molecule has 0 bridgehead atoms. The zero-order chi connectivity index (χ0) is 13.6. The first-order valence-electron chi connectivity index (χ1n) is 6.07. The van der Waals surface area contributed by atoms with Gasteiger partial charge in [-0.05, 0) is 26.0 Å². The van der Waals surface area contributed by atoms with E-state index >= 15 is 0 Å². The van der Waals surface area contributed by atoms with Crippen molar-refractivity contribution in [1.29, 1.82) is 0 Å². The molecule has 1 fully saturated rings. The highest BCUT2D eigenvalue weighted by atomic mass is 19.1. The highest BCUT2D eigenvalue weighted by Gasteiger charge is 2.47. The second kappa shape index (κ2) is 4.25. The lowest BCUT2D eigenvalue weighted by Gasteiger charge is -2.47. The van der Waals surface area contributed by atoms with E-state index in [1.807, 2.05) is 13.8 Å². The molecule has 0 unspecified atom stereocenters. The smallest absolute Gasteiger partial charge is 0.407 e. The highest BCUT2D eigenvalue weighted by Crippen LogP contribution is 2.38. The number of benzene rings is 1. The van der Waals surface area contributed by atoms with Crippen molar-refractivity contribution in [3.8, 4) is 0 Å². The van der Waals surface area contributed by atoms with Crippen LogP contribution in [0.3, 0.4) is 0 Å². The van der Waals surface area contributed by atoms with Gasteiger partial charge >= 0.3 is 7.12 Å². The number of nitrogens with two attached hydrogens (primary N) is 1. The molecule has 0 atom stereocenters. The van der Waals surface area contributed by atoms with Gasteiger partial charge in [-0.2, -0.15) is 0 Å². The molecule has 0 radical (unpaired) electrons. The standard InChI is InChI=1S/C13H19BFNO2/c1-12(2)8-17-14(18-13(12,3)4)10-6-5-9(16)7-11(10)15/h5-7H,8,16H2,1-4H3. The lowest BCUT2D eigenvalue weighted by atomic mass is 9.69. The molecule has 5 heteroatoms. The molecule has 98 valence electrons. The first-order chi connectivity index (χ1) is 8.23. The summed E-state index contributed by atoms with van der Waals surface area (Å²) >= 11 is 0. The van der Waals surface area contributed by atoms with Gasteiger partial charge in [-0.3, -0.25) is 0 Å². The minimum atomic E-state index is -0.673. The van der Waals surface area contributed by atoms with Crippen molar-refractivity contribution in [1.82, 2.24) is 0 Å². The maximum atomic E-state index is 13.8. The third kappa shape index (κ3) is 2.25. The fraction of sp³-hybridized carbons (Fsp3) is 0.538. The van der Waals surface area contributed by atoms with Gasteiger partial charge in [-0.25, -0.2) is 4.39 Å². The van der Waals surface area contributed by atoms with E-state index < -0.39 is 12.9 Å². The summed E-state index contributed by atoms with van der Waals surface area (Å²) in [6, 6.07) is 4.55. The lowest BCUT2D eigenvalue weighted by Crippen LogP contribution is -2.58. The fourth-order valence-electron chi connectivity index (χ4n) is 1.81. The van der Waals surface area contributed by atoms with Gasteiger partial charge in [0.1, 0.15) is 5.82 Å². The molecule has 18 heavy (non-hydrogen) atoms. The molecule has 0 aliphatic carbocycles. The van der Waals surface area contributed by atoms with Gasteiger partial charge in [0.2, 0.25) is 0 Å². The summed E-state index contributed by atoms with van der Waals surface area (Å²) in [4.78, 5) is 0. The first-order valence-corrected chi connectivity index (χ1v) is 6.07. The number of hydrogen-bond donors (Lipinski definition) is 1. The van der Waals surface area contributed by atoms with Crippen molar-refractivity contribution >= 4 is 18.3 Å². The number of anilines is 1. The highest BCUT2D eigenvalue weighted by molar-refractivity contribution is 6.61. The second-order valence-corrected chi connectivity index (χ2v) is 5.94. The fourth-order valence-corrected chi connectivity index (χ4v) is 1.81.